The van der Waals surface area contributed by atoms with Crippen molar-refractivity contribution in [1.29, 1.82) is 0 Å². The second-order valence-corrected chi connectivity index (χ2v) is 4.95. The lowest BCUT2D eigenvalue weighted by Crippen LogP contribution is -2.12. The Morgan fingerprint density at radius 3 is 2.88 bits per heavy atom. The summed E-state index contributed by atoms with van der Waals surface area (Å²) < 4.78 is 0. The van der Waals surface area contributed by atoms with Gasteiger partial charge in [0.05, 0.1) is 11.7 Å². The number of rotatable bonds is 2. The van der Waals surface area contributed by atoms with Gasteiger partial charge >= 0.3 is 0 Å². The van der Waals surface area contributed by atoms with Crippen LogP contribution in [0, 0.1) is 0 Å². The van der Waals surface area contributed by atoms with Crippen molar-refractivity contribution >= 4 is 11.3 Å². The Morgan fingerprint density at radius 2 is 2.12 bits per heavy atom. The smallest absolute Gasteiger partial charge is 0.123 e. The van der Waals surface area contributed by atoms with E-state index in [0.29, 0.717) is 6.04 Å². The molecule has 1 aliphatic rings. The molecule has 2 heterocycles. The molecule has 1 atom stereocenters. The number of aromatic nitrogens is 1. The highest BCUT2D eigenvalue weighted by Gasteiger charge is 2.18. The van der Waals surface area contributed by atoms with Crippen LogP contribution in [0.4, 0.5) is 0 Å². The van der Waals surface area contributed by atoms with Crippen LogP contribution in [-0.4, -0.2) is 11.5 Å². The first kappa shape index (κ1) is 10.00. The van der Waals surface area contributed by atoms with E-state index in [9.17, 15) is 0 Å². The van der Waals surface area contributed by atoms with Gasteiger partial charge < -0.3 is 5.32 Å². The summed E-state index contributed by atoms with van der Waals surface area (Å²) in [6.45, 7) is 1.13. The summed E-state index contributed by atoms with van der Waals surface area (Å²) in [5.41, 5.74) is 2.43. The molecule has 0 spiro atoms. The van der Waals surface area contributed by atoms with Crippen LogP contribution in [0.15, 0.2) is 35.7 Å². The quantitative estimate of drug-likeness (QED) is 0.856. The topological polar surface area (TPSA) is 24.9 Å². The average Bonchev–Trinajstić information content (AvgIpc) is 3.01. The predicted octanol–water partition coefficient (Wildman–Crippen LogP) is 3.23. The summed E-state index contributed by atoms with van der Waals surface area (Å²) in [5, 5.41) is 6.80. The van der Waals surface area contributed by atoms with Gasteiger partial charge in [0.15, 0.2) is 0 Å². The van der Waals surface area contributed by atoms with Crippen molar-refractivity contribution in [3.05, 3.63) is 41.4 Å². The summed E-state index contributed by atoms with van der Waals surface area (Å²) in [7, 11) is 0. The molecule has 0 amide bonds. The zero-order valence-corrected chi connectivity index (χ0v) is 9.83. The number of nitrogens with zero attached hydrogens (tertiary/aromatic N) is 1. The van der Waals surface area contributed by atoms with Crippen molar-refractivity contribution in [2.24, 2.45) is 0 Å². The van der Waals surface area contributed by atoms with E-state index in [1.807, 2.05) is 6.07 Å². The van der Waals surface area contributed by atoms with Crippen LogP contribution in [-0.2, 0) is 0 Å². The van der Waals surface area contributed by atoms with Crippen molar-refractivity contribution in [3.8, 4) is 10.6 Å². The first-order chi connectivity index (χ1) is 7.93. The molecular formula is C13H14N2S. The highest BCUT2D eigenvalue weighted by Crippen LogP contribution is 2.29. The molecule has 1 aliphatic heterocycles. The zero-order valence-electron chi connectivity index (χ0n) is 9.02. The van der Waals surface area contributed by atoms with Crippen molar-refractivity contribution in [2.75, 3.05) is 6.54 Å². The molecule has 1 aromatic heterocycles. The van der Waals surface area contributed by atoms with Gasteiger partial charge in [-0.2, -0.15) is 0 Å². The van der Waals surface area contributed by atoms with Crippen molar-refractivity contribution in [3.63, 3.8) is 0 Å². The molecule has 1 unspecified atom stereocenters. The summed E-state index contributed by atoms with van der Waals surface area (Å²) in [6, 6.07) is 10.9. The molecule has 0 aliphatic carbocycles. The lowest BCUT2D eigenvalue weighted by Gasteiger charge is -2.04. The van der Waals surface area contributed by atoms with Crippen LogP contribution >= 0.6 is 11.3 Å². The molecule has 2 aromatic rings. The van der Waals surface area contributed by atoms with Gasteiger partial charge in [-0.1, -0.05) is 30.3 Å². The van der Waals surface area contributed by atoms with Gasteiger partial charge in [0, 0.05) is 10.9 Å². The Morgan fingerprint density at radius 1 is 1.25 bits per heavy atom. The minimum Gasteiger partial charge on any atom is -0.309 e. The van der Waals surface area contributed by atoms with Gasteiger partial charge in [0.25, 0.3) is 0 Å². The number of thiazole rings is 1. The standard InChI is InChI=1S/C13H14N2S/c1-2-5-10(6-3-1)13-15-12(9-16-13)11-7-4-8-14-11/h1-3,5-6,9,11,14H,4,7-8H2. The molecule has 0 bridgehead atoms. The van der Waals surface area contributed by atoms with E-state index in [2.05, 4.69) is 35.0 Å². The lowest BCUT2D eigenvalue weighted by molar-refractivity contribution is 0.632. The maximum absolute atomic E-state index is 4.72. The predicted molar refractivity (Wildman–Crippen MR) is 67.5 cm³/mol. The summed E-state index contributed by atoms with van der Waals surface area (Å²) in [5.74, 6) is 0. The molecule has 16 heavy (non-hydrogen) atoms. The molecule has 2 nitrogen and oxygen atoms in total. The van der Waals surface area contributed by atoms with E-state index in [4.69, 9.17) is 4.98 Å². The minimum atomic E-state index is 0.480. The van der Waals surface area contributed by atoms with Gasteiger partial charge in [0.1, 0.15) is 5.01 Å². The van der Waals surface area contributed by atoms with E-state index in [1.54, 1.807) is 11.3 Å². The molecular weight excluding hydrogens is 216 g/mol. The van der Waals surface area contributed by atoms with Gasteiger partial charge in [-0.05, 0) is 19.4 Å². The molecule has 3 rings (SSSR count). The van der Waals surface area contributed by atoms with Gasteiger partial charge in [-0.3, -0.25) is 0 Å². The summed E-state index contributed by atoms with van der Waals surface area (Å²) in [6.07, 6.45) is 2.49. The normalized spacial score (nSPS) is 20.1. The highest BCUT2D eigenvalue weighted by molar-refractivity contribution is 7.13. The van der Waals surface area contributed by atoms with Crippen LogP contribution in [0.3, 0.4) is 0 Å². The van der Waals surface area contributed by atoms with Crippen LogP contribution < -0.4 is 5.32 Å². The maximum atomic E-state index is 4.72. The number of hydrogen-bond donors (Lipinski definition) is 1. The number of benzene rings is 1. The third-order valence-corrected chi connectivity index (χ3v) is 3.87. The molecule has 0 saturated carbocycles. The molecule has 1 aromatic carbocycles. The zero-order chi connectivity index (χ0) is 10.8. The SMILES string of the molecule is c1ccc(-c2nc(C3CCCN3)cs2)cc1. The van der Waals surface area contributed by atoms with Crippen molar-refractivity contribution in [1.82, 2.24) is 10.3 Å². The Kier molecular flexibility index (Phi) is 2.72. The first-order valence-electron chi connectivity index (χ1n) is 5.68. The van der Waals surface area contributed by atoms with Gasteiger partial charge in [0.2, 0.25) is 0 Å². The molecule has 1 saturated heterocycles. The largest absolute Gasteiger partial charge is 0.309 e. The van der Waals surface area contributed by atoms with Crippen molar-refractivity contribution in [2.45, 2.75) is 18.9 Å². The van der Waals surface area contributed by atoms with Gasteiger partial charge in [-0.15, -0.1) is 11.3 Å². The minimum absolute atomic E-state index is 0.480. The third-order valence-electron chi connectivity index (χ3n) is 2.96. The highest BCUT2D eigenvalue weighted by atomic mass is 32.1. The molecule has 3 heteroatoms. The van der Waals surface area contributed by atoms with Crippen LogP contribution in [0.1, 0.15) is 24.6 Å². The first-order valence-corrected chi connectivity index (χ1v) is 6.56. The van der Waals surface area contributed by atoms with E-state index >= 15 is 0 Å². The Labute approximate surface area is 99.4 Å². The molecule has 0 radical (unpaired) electrons. The van der Waals surface area contributed by atoms with Gasteiger partial charge in [-0.25, -0.2) is 4.98 Å². The van der Waals surface area contributed by atoms with E-state index in [-0.39, 0.29) is 0 Å². The van der Waals surface area contributed by atoms with Crippen LogP contribution in [0.2, 0.25) is 0 Å². The number of nitrogens with one attached hydrogen (secondary N) is 1. The molecule has 1 fully saturated rings. The Hall–Kier alpha value is -1.19. The third kappa shape index (κ3) is 1.88. The molecule has 82 valence electrons. The number of hydrogen-bond acceptors (Lipinski definition) is 3. The summed E-state index contributed by atoms with van der Waals surface area (Å²) in [4.78, 5) is 4.72. The Balaban J connectivity index is 1.87. The second-order valence-electron chi connectivity index (χ2n) is 4.09. The fourth-order valence-electron chi connectivity index (χ4n) is 2.10. The lowest BCUT2D eigenvalue weighted by atomic mass is 10.2. The fraction of sp³-hybridized carbons (Fsp3) is 0.308. The fourth-order valence-corrected chi connectivity index (χ4v) is 2.98. The maximum Gasteiger partial charge on any atom is 0.123 e. The van der Waals surface area contributed by atoms with Crippen molar-refractivity contribution < 1.29 is 0 Å². The van der Waals surface area contributed by atoms with E-state index < -0.39 is 0 Å². The van der Waals surface area contributed by atoms with Crippen LogP contribution in [0.25, 0.3) is 10.6 Å². The second kappa shape index (κ2) is 4.36. The average molecular weight is 230 g/mol. The van der Waals surface area contributed by atoms with E-state index in [0.717, 1.165) is 11.6 Å². The molecule has 1 N–H and O–H groups in total. The van der Waals surface area contributed by atoms with Crippen LogP contribution in [0.5, 0.6) is 0 Å². The Bertz CT molecular complexity index is 458. The summed E-state index contributed by atoms with van der Waals surface area (Å²) >= 11 is 1.74. The van der Waals surface area contributed by atoms with E-state index in [1.165, 1.54) is 24.1 Å². The monoisotopic (exact) mass is 230 g/mol.